The number of carboxylic acid groups (broad SMARTS) is 1. The summed E-state index contributed by atoms with van der Waals surface area (Å²) in [6, 6.07) is 7.90. The first-order valence-electron chi connectivity index (χ1n) is 5.35. The monoisotopic (exact) mass is 266 g/mol. The fraction of sp³-hybridized carbons (Fsp3) is 0.154. The summed E-state index contributed by atoms with van der Waals surface area (Å²) in [5.74, 6) is -2.03. The van der Waals surface area contributed by atoms with Gasteiger partial charge in [0.1, 0.15) is 17.1 Å². The van der Waals surface area contributed by atoms with Gasteiger partial charge in [0, 0.05) is 11.3 Å². The second-order valence-electron chi connectivity index (χ2n) is 3.60. The normalized spacial score (nSPS) is 10.3. The highest BCUT2D eigenvalue weighted by molar-refractivity contribution is 7.09. The third-order valence-electron chi connectivity index (χ3n) is 2.38. The standard InChI is InChI=1S/C13H11FO3S/c14-10-4-1-5-11(12(10)13(15)16)17-7-6-9-3-2-8-18-9/h1-5,8H,6-7H2,(H,15,16). The highest BCUT2D eigenvalue weighted by atomic mass is 32.1. The Morgan fingerprint density at radius 1 is 1.33 bits per heavy atom. The molecule has 0 saturated carbocycles. The van der Waals surface area contributed by atoms with E-state index < -0.39 is 17.3 Å². The molecule has 0 aliphatic heterocycles. The molecule has 1 aromatic heterocycles. The fourth-order valence-electron chi connectivity index (χ4n) is 1.55. The number of carbonyl (C=O) groups is 1. The van der Waals surface area contributed by atoms with Crippen LogP contribution in [0.25, 0.3) is 0 Å². The third-order valence-corrected chi connectivity index (χ3v) is 3.31. The van der Waals surface area contributed by atoms with Crippen LogP contribution in [0.4, 0.5) is 4.39 Å². The number of thiophene rings is 1. The van der Waals surface area contributed by atoms with Crippen molar-refractivity contribution in [2.45, 2.75) is 6.42 Å². The van der Waals surface area contributed by atoms with Crippen molar-refractivity contribution in [3.63, 3.8) is 0 Å². The topological polar surface area (TPSA) is 46.5 Å². The van der Waals surface area contributed by atoms with Crippen LogP contribution >= 0.6 is 11.3 Å². The molecule has 0 aliphatic carbocycles. The Bertz CT molecular complexity index is 537. The summed E-state index contributed by atoms with van der Waals surface area (Å²) in [7, 11) is 0. The zero-order valence-electron chi connectivity index (χ0n) is 9.43. The Morgan fingerprint density at radius 3 is 2.83 bits per heavy atom. The molecule has 1 aromatic carbocycles. The van der Waals surface area contributed by atoms with Crippen LogP contribution in [0, 0.1) is 5.82 Å². The molecule has 0 aliphatic rings. The zero-order chi connectivity index (χ0) is 13.0. The average molecular weight is 266 g/mol. The molecule has 0 spiro atoms. The quantitative estimate of drug-likeness (QED) is 0.904. The molecule has 0 radical (unpaired) electrons. The van der Waals surface area contributed by atoms with Crippen molar-refractivity contribution >= 4 is 17.3 Å². The Morgan fingerprint density at radius 2 is 2.17 bits per heavy atom. The SMILES string of the molecule is O=C(O)c1c(F)cccc1OCCc1cccs1. The van der Waals surface area contributed by atoms with E-state index in [1.165, 1.54) is 12.1 Å². The van der Waals surface area contributed by atoms with Gasteiger partial charge in [-0.25, -0.2) is 9.18 Å². The molecule has 0 atom stereocenters. The maximum atomic E-state index is 13.3. The van der Waals surface area contributed by atoms with Gasteiger partial charge in [0.25, 0.3) is 0 Å². The lowest BCUT2D eigenvalue weighted by atomic mass is 10.2. The number of ether oxygens (including phenoxy) is 1. The van der Waals surface area contributed by atoms with Crippen molar-refractivity contribution < 1.29 is 19.0 Å². The lowest BCUT2D eigenvalue weighted by Crippen LogP contribution is -2.07. The van der Waals surface area contributed by atoms with Crippen LogP contribution in [0.5, 0.6) is 5.75 Å². The highest BCUT2D eigenvalue weighted by Crippen LogP contribution is 2.22. The molecule has 18 heavy (non-hydrogen) atoms. The van der Waals surface area contributed by atoms with Crippen LogP contribution < -0.4 is 4.74 Å². The van der Waals surface area contributed by atoms with Crippen LogP contribution in [-0.4, -0.2) is 17.7 Å². The third kappa shape index (κ3) is 2.87. The number of benzene rings is 1. The van der Waals surface area contributed by atoms with Crippen LogP contribution in [0.2, 0.25) is 0 Å². The predicted octanol–water partition coefficient (Wildman–Crippen LogP) is 3.21. The molecule has 1 heterocycles. The number of aromatic carboxylic acids is 1. The van der Waals surface area contributed by atoms with Crippen LogP contribution in [0.3, 0.4) is 0 Å². The smallest absolute Gasteiger partial charge is 0.342 e. The second kappa shape index (κ2) is 5.64. The Kier molecular flexibility index (Phi) is 3.94. The lowest BCUT2D eigenvalue weighted by molar-refractivity contribution is 0.0687. The zero-order valence-corrected chi connectivity index (χ0v) is 10.2. The molecule has 2 rings (SSSR count). The van der Waals surface area contributed by atoms with Gasteiger partial charge >= 0.3 is 5.97 Å². The molecule has 3 nitrogen and oxygen atoms in total. The largest absolute Gasteiger partial charge is 0.492 e. The molecule has 2 aromatic rings. The van der Waals surface area contributed by atoms with Gasteiger partial charge in [0.2, 0.25) is 0 Å². The minimum atomic E-state index is -1.32. The van der Waals surface area contributed by atoms with Crippen molar-refractivity contribution in [2.75, 3.05) is 6.61 Å². The van der Waals surface area contributed by atoms with E-state index in [9.17, 15) is 9.18 Å². The first-order chi connectivity index (χ1) is 8.68. The summed E-state index contributed by atoms with van der Waals surface area (Å²) in [5.41, 5.74) is -0.413. The van der Waals surface area contributed by atoms with E-state index in [-0.39, 0.29) is 5.75 Å². The Balaban J connectivity index is 2.05. The van der Waals surface area contributed by atoms with Gasteiger partial charge < -0.3 is 9.84 Å². The van der Waals surface area contributed by atoms with Gasteiger partial charge in [-0.3, -0.25) is 0 Å². The van der Waals surface area contributed by atoms with Gasteiger partial charge in [-0.1, -0.05) is 12.1 Å². The van der Waals surface area contributed by atoms with Gasteiger partial charge in [-0.05, 0) is 23.6 Å². The Hall–Kier alpha value is -1.88. The number of rotatable bonds is 5. The number of hydrogen-bond donors (Lipinski definition) is 1. The van der Waals surface area contributed by atoms with E-state index >= 15 is 0 Å². The number of halogens is 1. The van der Waals surface area contributed by atoms with Crippen molar-refractivity contribution in [2.24, 2.45) is 0 Å². The van der Waals surface area contributed by atoms with E-state index in [0.29, 0.717) is 13.0 Å². The summed E-state index contributed by atoms with van der Waals surface area (Å²) in [6.45, 7) is 0.324. The molecule has 0 bridgehead atoms. The molecular formula is C13H11FO3S. The van der Waals surface area contributed by atoms with Gasteiger partial charge in [-0.2, -0.15) is 0 Å². The van der Waals surface area contributed by atoms with E-state index in [4.69, 9.17) is 9.84 Å². The summed E-state index contributed by atoms with van der Waals surface area (Å²) >= 11 is 1.60. The van der Waals surface area contributed by atoms with Crippen LogP contribution in [0.1, 0.15) is 15.2 Å². The van der Waals surface area contributed by atoms with E-state index in [1.54, 1.807) is 11.3 Å². The number of carboxylic acids is 1. The molecule has 0 saturated heterocycles. The summed E-state index contributed by atoms with van der Waals surface area (Å²) < 4.78 is 18.7. The first-order valence-corrected chi connectivity index (χ1v) is 6.23. The maximum absolute atomic E-state index is 13.3. The molecule has 1 N–H and O–H groups in total. The molecule has 5 heteroatoms. The van der Waals surface area contributed by atoms with Gasteiger partial charge in [0.15, 0.2) is 0 Å². The van der Waals surface area contributed by atoms with Crippen LogP contribution in [0.15, 0.2) is 35.7 Å². The van der Waals surface area contributed by atoms with Crippen molar-refractivity contribution in [3.05, 3.63) is 52.0 Å². The first kappa shape index (κ1) is 12.6. The van der Waals surface area contributed by atoms with E-state index in [1.807, 2.05) is 17.5 Å². The Labute approximate surface area is 107 Å². The van der Waals surface area contributed by atoms with Gasteiger partial charge in [0.05, 0.1) is 6.61 Å². The molecule has 94 valence electrons. The predicted molar refractivity (Wildman–Crippen MR) is 66.9 cm³/mol. The summed E-state index contributed by atoms with van der Waals surface area (Å²) in [6.07, 6.45) is 0.674. The fourth-order valence-corrected chi connectivity index (χ4v) is 2.24. The molecule has 0 fully saturated rings. The maximum Gasteiger partial charge on any atom is 0.342 e. The minimum absolute atomic E-state index is 0.0686. The summed E-state index contributed by atoms with van der Waals surface area (Å²) in [5, 5.41) is 10.9. The highest BCUT2D eigenvalue weighted by Gasteiger charge is 2.16. The average Bonchev–Trinajstić information content (AvgIpc) is 2.81. The molecule has 0 unspecified atom stereocenters. The van der Waals surface area contributed by atoms with E-state index in [0.717, 1.165) is 10.9 Å². The number of hydrogen-bond acceptors (Lipinski definition) is 3. The molecular weight excluding hydrogens is 255 g/mol. The van der Waals surface area contributed by atoms with Crippen molar-refractivity contribution in [1.82, 2.24) is 0 Å². The minimum Gasteiger partial charge on any atom is -0.492 e. The van der Waals surface area contributed by atoms with Crippen molar-refractivity contribution in [1.29, 1.82) is 0 Å². The second-order valence-corrected chi connectivity index (χ2v) is 4.63. The van der Waals surface area contributed by atoms with E-state index in [2.05, 4.69) is 0 Å². The van der Waals surface area contributed by atoms with Gasteiger partial charge in [-0.15, -0.1) is 11.3 Å². The summed E-state index contributed by atoms with van der Waals surface area (Å²) in [4.78, 5) is 12.1. The van der Waals surface area contributed by atoms with Crippen LogP contribution in [-0.2, 0) is 6.42 Å². The molecule has 0 amide bonds. The van der Waals surface area contributed by atoms with Crippen molar-refractivity contribution in [3.8, 4) is 5.75 Å². The lowest BCUT2D eigenvalue weighted by Gasteiger charge is -2.08.